The Labute approximate surface area is 165 Å². The molecule has 27 heavy (non-hydrogen) atoms. The summed E-state index contributed by atoms with van der Waals surface area (Å²) < 4.78 is 0.837. The van der Waals surface area contributed by atoms with E-state index in [1.807, 2.05) is 37.1 Å². The van der Waals surface area contributed by atoms with E-state index in [1.54, 1.807) is 24.3 Å². The maximum Gasteiger partial charge on any atom is 0.335 e. The third kappa shape index (κ3) is 2.73. The van der Waals surface area contributed by atoms with Gasteiger partial charge in [0, 0.05) is 23.8 Å². The molecule has 7 heteroatoms. The zero-order chi connectivity index (χ0) is 19.3. The number of barbiturate groups is 1. The molecular weight excluding hydrogens is 410 g/mol. The predicted molar refractivity (Wildman–Crippen MR) is 106 cm³/mol. The van der Waals surface area contributed by atoms with E-state index in [0.717, 1.165) is 26.2 Å². The first kappa shape index (κ1) is 17.7. The van der Waals surface area contributed by atoms with Gasteiger partial charge in [0.2, 0.25) is 5.91 Å². The standard InChI is InChI=1S/C20H18BrN3O3/c1-12-3-8-16-13(9-12)10-20(11-23(16)2)17(25)22-19(27)24(18(20)26)15-6-4-14(21)5-7-15/h3-9H,10-11H2,1-2H3,(H,22,25,27)/t20-/m0/s1. The second-order valence-electron chi connectivity index (χ2n) is 7.12. The van der Waals surface area contributed by atoms with Gasteiger partial charge in [-0.05, 0) is 49.2 Å². The largest absolute Gasteiger partial charge is 0.373 e. The SMILES string of the molecule is Cc1ccc2c(c1)C[C@]1(CN2C)C(=O)NC(=O)N(c2ccc(Br)cc2)C1=O. The monoisotopic (exact) mass is 427 g/mol. The summed E-state index contributed by atoms with van der Waals surface area (Å²) in [6, 6.07) is 12.2. The summed E-state index contributed by atoms with van der Waals surface area (Å²) in [7, 11) is 1.86. The van der Waals surface area contributed by atoms with Gasteiger partial charge in [-0.2, -0.15) is 0 Å². The number of rotatable bonds is 1. The molecule has 1 saturated heterocycles. The molecule has 1 atom stereocenters. The van der Waals surface area contributed by atoms with Crippen LogP contribution in [-0.2, 0) is 16.0 Å². The highest BCUT2D eigenvalue weighted by Gasteiger charge is 2.56. The Balaban J connectivity index is 1.80. The smallest absolute Gasteiger partial charge is 0.335 e. The van der Waals surface area contributed by atoms with Crippen LogP contribution in [0.15, 0.2) is 46.9 Å². The number of halogens is 1. The van der Waals surface area contributed by atoms with Gasteiger partial charge in [0.15, 0.2) is 5.41 Å². The topological polar surface area (TPSA) is 69.7 Å². The van der Waals surface area contributed by atoms with Crippen LogP contribution in [0.5, 0.6) is 0 Å². The van der Waals surface area contributed by atoms with Gasteiger partial charge in [0.25, 0.3) is 5.91 Å². The maximum atomic E-state index is 13.5. The van der Waals surface area contributed by atoms with Crippen molar-refractivity contribution in [2.45, 2.75) is 13.3 Å². The van der Waals surface area contributed by atoms with E-state index >= 15 is 0 Å². The molecule has 2 aromatic carbocycles. The van der Waals surface area contributed by atoms with Crippen molar-refractivity contribution in [3.05, 3.63) is 58.1 Å². The number of benzene rings is 2. The second kappa shape index (κ2) is 6.20. The fraction of sp³-hybridized carbons (Fsp3) is 0.250. The number of aryl methyl sites for hydroxylation is 1. The van der Waals surface area contributed by atoms with Crippen molar-refractivity contribution in [3.8, 4) is 0 Å². The minimum Gasteiger partial charge on any atom is -0.373 e. The lowest BCUT2D eigenvalue weighted by molar-refractivity contribution is -0.142. The van der Waals surface area contributed by atoms with Crippen molar-refractivity contribution in [2.24, 2.45) is 5.41 Å². The van der Waals surface area contributed by atoms with Crippen molar-refractivity contribution in [2.75, 3.05) is 23.4 Å². The van der Waals surface area contributed by atoms with Crippen molar-refractivity contribution in [1.82, 2.24) is 5.32 Å². The summed E-state index contributed by atoms with van der Waals surface area (Å²) in [5, 5.41) is 2.39. The maximum absolute atomic E-state index is 13.5. The van der Waals surface area contributed by atoms with Crippen LogP contribution in [0.2, 0.25) is 0 Å². The number of nitrogens with zero attached hydrogens (tertiary/aromatic N) is 2. The molecule has 138 valence electrons. The van der Waals surface area contributed by atoms with Gasteiger partial charge in [-0.3, -0.25) is 14.9 Å². The Morgan fingerprint density at radius 3 is 2.48 bits per heavy atom. The van der Waals surface area contributed by atoms with E-state index in [4.69, 9.17) is 0 Å². The molecule has 2 aliphatic heterocycles. The van der Waals surface area contributed by atoms with Crippen LogP contribution < -0.4 is 15.1 Å². The lowest BCUT2D eigenvalue weighted by atomic mass is 9.74. The molecule has 1 N–H and O–H groups in total. The normalized spacial score (nSPS) is 22.1. The Morgan fingerprint density at radius 2 is 1.78 bits per heavy atom. The van der Waals surface area contributed by atoms with Crippen LogP contribution in [0.1, 0.15) is 11.1 Å². The summed E-state index contributed by atoms with van der Waals surface area (Å²) in [5.41, 5.74) is 2.08. The fourth-order valence-corrected chi connectivity index (χ4v) is 4.16. The highest BCUT2D eigenvalue weighted by Crippen LogP contribution is 2.40. The molecular formula is C20H18BrN3O3. The second-order valence-corrected chi connectivity index (χ2v) is 8.04. The van der Waals surface area contributed by atoms with Crippen LogP contribution in [0.3, 0.4) is 0 Å². The van der Waals surface area contributed by atoms with Crippen molar-refractivity contribution in [3.63, 3.8) is 0 Å². The van der Waals surface area contributed by atoms with Gasteiger partial charge < -0.3 is 4.90 Å². The van der Waals surface area contributed by atoms with Crippen molar-refractivity contribution < 1.29 is 14.4 Å². The Bertz CT molecular complexity index is 973. The number of urea groups is 1. The molecule has 6 nitrogen and oxygen atoms in total. The van der Waals surface area contributed by atoms with Gasteiger partial charge in [0.1, 0.15) is 0 Å². The molecule has 0 aliphatic carbocycles. The minimum atomic E-state index is -1.34. The van der Waals surface area contributed by atoms with E-state index in [1.165, 1.54) is 0 Å². The Hall–Kier alpha value is -2.67. The van der Waals surface area contributed by atoms with Crippen LogP contribution in [0.25, 0.3) is 0 Å². The van der Waals surface area contributed by atoms with E-state index in [2.05, 4.69) is 21.2 Å². The Morgan fingerprint density at radius 1 is 1.07 bits per heavy atom. The van der Waals surface area contributed by atoms with Gasteiger partial charge in [0.05, 0.1) is 5.69 Å². The number of carbonyl (C=O) groups is 3. The molecule has 2 heterocycles. The first-order valence-electron chi connectivity index (χ1n) is 8.58. The van der Waals surface area contributed by atoms with Crippen LogP contribution in [-0.4, -0.2) is 31.4 Å². The molecule has 4 amide bonds. The highest BCUT2D eigenvalue weighted by atomic mass is 79.9. The number of amides is 4. The molecule has 0 aromatic heterocycles. The third-order valence-electron chi connectivity index (χ3n) is 5.20. The van der Waals surface area contributed by atoms with Crippen molar-refractivity contribution in [1.29, 1.82) is 0 Å². The molecule has 1 fully saturated rings. The summed E-state index contributed by atoms with van der Waals surface area (Å²) in [6.07, 6.45) is 0.263. The van der Waals surface area contributed by atoms with E-state index in [-0.39, 0.29) is 13.0 Å². The molecule has 1 spiro atoms. The number of hydrogen-bond donors (Lipinski definition) is 1. The lowest BCUT2D eigenvalue weighted by Gasteiger charge is -2.45. The van der Waals surface area contributed by atoms with E-state index in [9.17, 15) is 14.4 Å². The molecule has 0 saturated carbocycles. The first-order valence-corrected chi connectivity index (χ1v) is 9.37. The summed E-state index contributed by atoms with van der Waals surface area (Å²) >= 11 is 3.35. The summed E-state index contributed by atoms with van der Waals surface area (Å²) in [5.74, 6) is -1.03. The number of imide groups is 2. The fourth-order valence-electron chi connectivity index (χ4n) is 3.90. The summed E-state index contributed by atoms with van der Waals surface area (Å²) in [6.45, 7) is 2.19. The zero-order valence-electron chi connectivity index (χ0n) is 15.0. The van der Waals surface area contributed by atoms with Crippen molar-refractivity contribution >= 4 is 45.2 Å². The van der Waals surface area contributed by atoms with Crippen LogP contribution in [0, 0.1) is 12.3 Å². The van der Waals surface area contributed by atoms with Crippen LogP contribution in [0.4, 0.5) is 16.2 Å². The van der Waals surface area contributed by atoms with E-state index in [0.29, 0.717) is 5.69 Å². The number of nitrogens with one attached hydrogen (secondary N) is 1. The zero-order valence-corrected chi connectivity index (χ0v) is 16.5. The molecule has 0 bridgehead atoms. The number of carbonyl (C=O) groups excluding carboxylic acids is 3. The number of fused-ring (bicyclic) bond motifs is 1. The quantitative estimate of drug-likeness (QED) is 0.710. The van der Waals surface area contributed by atoms with Gasteiger partial charge >= 0.3 is 6.03 Å². The van der Waals surface area contributed by atoms with E-state index < -0.39 is 23.3 Å². The molecule has 4 rings (SSSR count). The minimum absolute atomic E-state index is 0.216. The Kier molecular flexibility index (Phi) is 4.07. The summed E-state index contributed by atoms with van der Waals surface area (Å²) in [4.78, 5) is 41.7. The average molecular weight is 428 g/mol. The molecule has 2 aliphatic rings. The lowest BCUT2D eigenvalue weighted by Crippen LogP contribution is -2.68. The predicted octanol–water partition coefficient (Wildman–Crippen LogP) is 3.02. The van der Waals surface area contributed by atoms with Gasteiger partial charge in [-0.1, -0.05) is 33.6 Å². The third-order valence-corrected chi connectivity index (χ3v) is 5.73. The number of anilines is 2. The average Bonchev–Trinajstić information content (AvgIpc) is 2.61. The number of hydrogen-bond acceptors (Lipinski definition) is 4. The highest BCUT2D eigenvalue weighted by molar-refractivity contribution is 9.10. The van der Waals surface area contributed by atoms with Gasteiger partial charge in [-0.15, -0.1) is 0 Å². The molecule has 0 unspecified atom stereocenters. The van der Waals surface area contributed by atoms with Gasteiger partial charge in [-0.25, -0.2) is 9.69 Å². The first-order chi connectivity index (χ1) is 12.8. The molecule has 0 radical (unpaired) electrons. The van der Waals surface area contributed by atoms with Crippen LogP contribution >= 0.6 is 15.9 Å². The molecule has 2 aromatic rings.